The van der Waals surface area contributed by atoms with E-state index in [4.69, 9.17) is 0 Å². The van der Waals surface area contributed by atoms with Crippen LogP contribution in [0.3, 0.4) is 0 Å². The van der Waals surface area contributed by atoms with E-state index in [9.17, 15) is 18.0 Å². The van der Waals surface area contributed by atoms with Gasteiger partial charge in [-0.1, -0.05) is 6.92 Å². The van der Waals surface area contributed by atoms with Gasteiger partial charge in [-0.3, -0.25) is 4.79 Å². The second-order valence-electron chi connectivity index (χ2n) is 4.04. The molecule has 0 saturated heterocycles. The highest BCUT2D eigenvalue weighted by molar-refractivity contribution is 5.96. The Labute approximate surface area is 96.8 Å². The first kappa shape index (κ1) is 12.1. The van der Waals surface area contributed by atoms with E-state index in [-0.39, 0.29) is 29.9 Å². The Hall–Kier alpha value is -1.36. The number of hydrogen-bond donors (Lipinski definition) is 1. The monoisotopic (exact) mass is 243 g/mol. The summed E-state index contributed by atoms with van der Waals surface area (Å²) < 4.78 is 38.6. The molecule has 0 aromatic heterocycles. The van der Waals surface area contributed by atoms with Crippen molar-refractivity contribution in [3.05, 3.63) is 34.4 Å². The molecule has 5 heteroatoms. The van der Waals surface area contributed by atoms with Gasteiger partial charge in [0, 0.05) is 25.1 Å². The molecular weight excluding hydrogens is 231 g/mol. The summed E-state index contributed by atoms with van der Waals surface area (Å²) in [5, 5.41) is 2.87. The number of rotatable bonds is 2. The maximum Gasteiger partial charge on any atom is 0.416 e. The molecule has 0 fully saturated rings. The molecule has 0 spiro atoms. The Morgan fingerprint density at radius 3 is 2.65 bits per heavy atom. The van der Waals surface area contributed by atoms with Crippen molar-refractivity contribution < 1.29 is 18.0 Å². The Bertz CT molecular complexity index is 466. The SMILES string of the molecule is CCC(=O)c1cc2c(c(C(F)(F)F)c1)CNC2. The fourth-order valence-electron chi connectivity index (χ4n) is 2.04. The highest BCUT2D eigenvalue weighted by Gasteiger charge is 2.36. The molecular formula is C12H12F3NO. The van der Waals surface area contributed by atoms with Crippen LogP contribution in [0.2, 0.25) is 0 Å². The Morgan fingerprint density at radius 2 is 2.06 bits per heavy atom. The standard InChI is InChI=1S/C12H12F3NO/c1-2-11(17)7-3-8-5-16-6-9(8)10(4-7)12(13,14)15/h3-4,16H,2,5-6H2,1H3. The lowest BCUT2D eigenvalue weighted by molar-refractivity contribution is -0.138. The van der Waals surface area contributed by atoms with Crippen LogP contribution < -0.4 is 5.32 Å². The molecule has 1 aliphatic rings. The van der Waals surface area contributed by atoms with Crippen LogP contribution in [-0.4, -0.2) is 5.78 Å². The second-order valence-corrected chi connectivity index (χ2v) is 4.04. The van der Waals surface area contributed by atoms with Gasteiger partial charge in [0.25, 0.3) is 0 Å². The van der Waals surface area contributed by atoms with Crippen LogP contribution in [0.1, 0.15) is 40.4 Å². The molecule has 1 aromatic rings. The molecule has 0 unspecified atom stereocenters. The number of Topliss-reactive ketones (excluding diaryl/α,β-unsaturated/α-hetero) is 1. The van der Waals surface area contributed by atoms with Crippen molar-refractivity contribution in [1.29, 1.82) is 0 Å². The molecule has 1 aliphatic heterocycles. The van der Waals surface area contributed by atoms with Crippen LogP contribution in [0.15, 0.2) is 12.1 Å². The molecule has 0 radical (unpaired) electrons. The van der Waals surface area contributed by atoms with Crippen molar-refractivity contribution in [1.82, 2.24) is 5.32 Å². The van der Waals surface area contributed by atoms with E-state index in [2.05, 4.69) is 5.32 Å². The first-order chi connectivity index (χ1) is 7.93. The first-order valence-electron chi connectivity index (χ1n) is 5.40. The third-order valence-electron chi connectivity index (χ3n) is 2.91. The van der Waals surface area contributed by atoms with Gasteiger partial charge >= 0.3 is 6.18 Å². The van der Waals surface area contributed by atoms with Crippen LogP contribution in [0.4, 0.5) is 13.2 Å². The van der Waals surface area contributed by atoms with Crippen LogP contribution in [0.25, 0.3) is 0 Å². The van der Waals surface area contributed by atoms with Gasteiger partial charge in [-0.25, -0.2) is 0 Å². The maximum absolute atomic E-state index is 12.9. The number of hydrogen-bond acceptors (Lipinski definition) is 2. The maximum atomic E-state index is 12.9. The number of benzene rings is 1. The van der Waals surface area contributed by atoms with Crippen molar-refractivity contribution >= 4 is 5.78 Å². The van der Waals surface area contributed by atoms with E-state index in [1.807, 2.05) is 0 Å². The molecule has 0 aliphatic carbocycles. The molecule has 0 bridgehead atoms. The van der Waals surface area contributed by atoms with Crippen LogP contribution >= 0.6 is 0 Å². The number of alkyl halides is 3. The molecule has 92 valence electrons. The molecule has 17 heavy (non-hydrogen) atoms. The minimum atomic E-state index is -4.40. The Balaban J connectivity index is 2.58. The van der Waals surface area contributed by atoms with E-state index in [1.165, 1.54) is 0 Å². The minimum Gasteiger partial charge on any atom is -0.309 e. The van der Waals surface area contributed by atoms with Gasteiger partial charge in [-0.05, 0) is 23.3 Å². The molecule has 0 amide bonds. The van der Waals surface area contributed by atoms with E-state index >= 15 is 0 Å². The van der Waals surface area contributed by atoms with Gasteiger partial charge in [0.2, 0.25) is 0 Å². The number of halogens is 3. The summed E-state index contributed by atoms with van der Waals surface area (Å²) in [7, 11) is 0. The Kier molecular flexibility index (Phi) is 2.95. The highest BCUT2D eigenvalue weighted by atomic mass is 19.4. The summed E-state index contributed by atoms with van der Waals surface area (Å²) >= 11 is 0. The van der Waals surface area contributed by atoms with Crippen LogP contribution in [-0.2, 0) is 19.3 Å². The van der Waals surface area contributed by atoms with Gasteiger partial charge < -0.3 is 5.32 Å². The molecule has 0 atom stereocenters. The summed E-state index contributed by atoms with van der Waals surface area (Å²) in [6.45, 7) is 2.25. The zero-order valence-electron chi connectivity index (χ0n) is 9.32. The second kappa shape index (κ2) is 4.14. The lowest BCUT2D eigenvalue weighted by Gasteiger charge is -2.13. The largest absolute Gasteiger partial charge is 0.416 e. The lowest BCUT2D eigenvalue weighted by atomic mass is 9.96. The van der Waals surface area contributed by atoms with Gasteiger partial charge in [0.1, 0.15) is 0 Å². The summed E-state index contributed by atoms with van der Waals surface area (Å²) in [5.74, 6) is -0.259. The zero-order valence-corrected chi connectivity index (χ0v) is 9.32. The summed E-state index contributed by atoms with van der Waals surface area (Å²) in [6.07, 6.45) is -4.19. The molecule has 1 heterocycles. The summed E-state index contributed by atoms with van der Waals surface area (Å²) in [4.78, 5) is 11.5. The molecule has 0 saturated carbocycles. The van der Waals surface area contributed by atoms with Crippen molar-refractivity contribution in [3.8, 4) is 0 Å². The quantitative estimate of drug-likeness (QED) is 0.809. The van der Waals surface area contributed by atoms with E-state index in [0.717, 1.165) is 6.07 Å². The van der Waals surface area contributed by atoms with Gasteiger partial charge in [0.15, 0.2) is 5.78 Å². The lowest BCUT2D eigenvalue weighted by Crippen LogP contribution is -2.12. The van der Waals surface area contributed by atoms with Crippen molar-refractivity contribution in [2.45, 2.75) is 32.6 Å². The first-order valence-corrected chi connectivity index (χ1v) is 5.40. The predicted octanol–water partition coefficient (Wildman–Crippen LogP) is 2.90. The van der Waals surface area contributed by atoms with Crippen molar-refractivity contribution in [2.75, 3.05) is 0 Å². The van der Waals surface area contributed by atoms with Gasteiger partial charge in [-0.15, -0.1) is 0 Å². The third-order valence-corrected chi connectivity index (χ3v) is 2.91. The average molecular weight is 243 g/mol. The molecule has 1 N–H and O–H groups in total. The number of carbonyl (C=O) groups excluding carboxylic acids is 1. The zero-order chi connectivity index (χ0) is 12.6. The van der Waals surface area contributed by atoms with Crippen molar-refractivity contribution in [3.63, 3.8) is 0 Å². The molecule has 2 nitrogen and oxygen atoms in total. The fourth-order valence-corrected chi connectivity index (χ4v) is 2.04. The normalized spacial score (nSPS) is 14.8. The van der Waals surface area contributed by atoms with Crippen molar-refractivity contribution in [2.24, 2.45) is 0 Å². The van der Waals surface area contributed by atoms with Gasteiger partial charge in [-0.2, -0.15) is 13.2 Å². The highest BCUT2D eigenvalue weighted by Crippen LogP contribution is 2.36. The number of ketones is 1. The Morgan fingerprint density at radius 1 is 1.35 bits per heavy atom. The number of nitrogens with one attached hydrogen (secondary N) is 1. The van der Waals surface area contributed by atoms with E-state index < -0.39 is 11.7 Å². The average Bonchev–Trinajstić information content (AvgIpc) is 2.72. The predicted molar refractivity (Wildman–Crippen MR) is 56.6 cm³/mol. The fraction of sp³-hybridized carbons (Fsp3) is 0.417. The van der Waals surface area contributed by atoms with E-state index in [1.54, 1.807) is 13.0 Å². The van der Waals surface area contributed by atoms with Crippen LogP contribution in [0, 0.1) is 0 Å². The van der Waals surface area contributed by atoms with Crippen LogP contribution in [0.5, 0.6) is 0 Å². The number of carbonyl (C=O) groups is 1. The topological polar surface area (TPSA) is 29.1 Å². The minimum absolute atomic E-state index is 0.155. The third kappa shape index (κ3) is 2.20. The molecule has 1 aromatic carbocycles. The van der Waals surface area contributed by atoms with E-state index in [0.29, 0.717) is 12.1 Å². The summed E-state index contributed by atoms with van der Waals surface area (Å²) in [6, 6.07) is 2.54. The van der Waals surface area contributed by atoms with Gasteiger partial charge in [0.05, 0.1) is 5.56 Å². The smallest absolute Gasteiger partial charge is 0.309 e. The molecule has 2 rings (SSSR count). The number of fused-ring (bicyclic) bond motifs is 1. The summed E-state index contributed by atoms with van der Waals surface area (Å²) in [5.41, 5.74) is 0.320.